The van der Waals surface area contributed by atoms with E-state index >= 15 is 0 Å². The van der Waals surface area contributed by atoms with Crippen LogP contribution in [0.4, 0.5) is 5.69 Å². The molecule has 26 heavy (non-hydrogen) atoms. The van der Waals surface area contributed by atoms with E-state index in [1.165, 1.54) is 0 Å². The van der Waals surface area contributed by atoms with E-state index in [9.17, 15) is 4.79 Å². The van der Waals surface area contributed by atoms with E-state index in [0.29, 0.717) is 6.42 Å². The minimum absolute atomic E-state index is 0.111. The Morgan fingerprint density at radius 3 is 2.23 bits per heavy atom. The number of hydrogen-bond acceptors (Lipinski definition) is 3. The Hall–Kier alpha value is -2.59. The molecule has 3 aromatic carbocycles. The zero-order valence-corrected chi connectivity index (χ0v) is 16.1. The average molecular weight is 410 g/mol. The SMILES string of the molecule is COc1ccc(NC(CC(=O)c2ccccc2)c2ccc(Br)cc2)cc1. The molecule has 0 amide bonds. The molecule has 0 aliphatic rings. The second kappa shape index (κ2) is 8.68. The molecule has 1 N–H and O–H groups in total. The standard InChI is InChI=1S/C22H20BrNO2/c1-26-20-13-11-19(12-14-20)24-21(16-7-9-18(23)10-8-16)15-22(25)17-5-3-2-4-6-17/h2-14,21,24H,15H2,1H3. The topological polar surface area (TPSA) is 38.3 Å². The highest BCUT2D eigenvalue weighted by Gasteiger charge is 2.17. The molecule has 0 radical (unpaired) electrons. The first kappa shape index (κ1) is 18.2. The number of halogens is 1. The first-order valence-corrected chi connectivity index (χ1v) is 9.19. The first-order chi connectivity index (χ1) is 12.7. The van der Waals surface area contributed by atoms with Crippen LogP contribution < -0.4 is 10.1 Å². The van der Waals surface area contributed by atoms with Gasteiger partial charge in [-0.3, -0.25) is 4.79 Å². The lowest BCUT2D eigenvalue weighted by atomic mass is 9.97. The maximum atomic E-state index is 12.7. The molecular formula is C22H20BrNO2. The lowest BCUT2D eigenvalue weighted by Gasteiger charge is -2.20. The van der Waals surface area contributed by atoms with Gasteiger partial charge in [-0.05, 0) is 42.0 Å². The molecule has 1 unspecified atom stereocenters. The Labute approximate surface area is 162 Å². The van der Waals surface area contributed by atoms with Gasteiger partial charge in [0.1, 0.15) is 5.75 Å². The second-order valence-electron chi connectivity index (χ2n) is 5.97. The molecule has 0 heterocycles. The lowest BCUT2D eigenvalue weighted by molar-refractivity contribution is 0.0976. The van der Waals surface area contributed by atoms with Gasteiger partial charge in [0.25, 0.3) is 0 Å². The summed E-state index contributed by atoms with van der Waals surface area (Å²) in [5.74, 6) is 0.913. The van der Waals surface area contributed by atoms with Crippen LogP contribution >= 0.6 is 15.9 Å². The van der Waals surface area contributed by atoms with Crippen LogP contribution in [-0.4, -0.2) is 12.9 Å². The molecule has 1 atom stereocenters. The summed E-state index contributed by atoms with van der Waals surface area (Å²) in [6.07, 6.45) is 0.373. The van der Waals surface area contributed by atoms with Crippen LogP contribution in [0, 0.1) is 0 Å². The van der Waals surface area contributed by atoms with Gasteiger partial charge in [0.15, 0.2) is 5.78 Å². The lowest BCUT2D eigenvalue weighted by Crippen LogP contribution is -2.15. The van der Waals surface area contributed by atoms with Gasteiger partial charge in [-0.1, -0.05) is 58.4 Å². The number of carbonyl (C=O) groups is 1. The van der Waals surface area contributed by atoms with Crippen molar-refractivity contribution >= 4 is 27.4 Å². The molecule has 0 bridgehead atoms. The normalized spacial score (nSPS) is 11.6. The van der Waals surface area contributed by atoms with Gasteiger partial charge < -0.3 is 10.1 Å². The maximum absolute atomic E-state index is 12.7. The van der Waals surface area contributed by atoms with Crippen LogP contribution in [0.3, 0.4) is 0 Å². The van der Waals surface area contributed by atoms with Crippen molar-refractivity contribution in [3.63, 3.8) is 0 Å². The summed E-state index contributed by atoms with van der Waals surface area (Å²) in [6.45, 7) is 0. The molecule has 132 valence electrons. The number of ketones is 1. The number of anilines is 1. The predicted octanol–water partition coefficient (Wildman–Crippen LogP) is 5.88. The van der Waals surface area contributed by atoms with Crippen LogP contribution in [0.1, 0.15) is 28.4 Å². The maximum Gasteiger partial charge on any atom is 0.165 e. The van der Waals surface area contributed by atoms with Crippen molar-refractivity contribution in [3.05, 3.63) is 94.5 Å². The number of methoxy groups -OCH3 is 1. The molecule has 0 aliphatic heterocycles. The van der Waals surface area contributed by atoms with Gasteiger partial charge in [0, 0.05) is 22.1 Å². The van der Waals surface area contributed by atoms with Crippen molar-refractivity contribution in [2.45, 2.75) is 12.5 Å². The molecule has 0 aliphatic carbocycles. The second-order valence-corrected chi connectivity index (χ2v) is 6.89. The highest BCUT2D eigenvalue weighted by molar-refractivity contribution is 9.10. The summed E-state index contributed by atoms with van der Waals surface area (Å²) in [5.41, 5.74) is 2.74. The van der Waals surface area contributed by atoms with Crippen molar-refractivity contribution in [2.75, 3.05) is 12.4 Å². The molecule has 0 saturated carbocycles. The van der Waals surface area contributed by atoms with E-state index in [4.69, 9.17) is 4.74 Å². The van der Waals surface area contributed by atoms with Crippen LogP contribution in [0.25, 0.3) is 0 Å². The van der Waals surface area contributed by atoms with Crippen molar-refractivity contribution < 1.29 is 9.53 Å². The van der Waals surface area contributed by atoms with E-state index in [-0.39, 0.29) is 11.8 Å². The molecule has 3 aromatic rings. The monoisotopic (exact) mass is 409 g/mol. The van der Waals surface area contributed by atoms with Gasteiger partial charge in [0.05, 0.1) is 13.2 Å². The van der Waals surface area contributed by atoms with Crippen LogP contribution in [0.2, 0.25) is 0 Å². The molecule has 0 saturated heterocycles. The third-order valence-corrected chi connectivity index (χ3v) is 4.72. The molecule has 0 fully saturated rings. The highest BCUT2D eigenvalue weighted by atomic mass is 79.9. The summed E-state index contributed by atoms with van der Waals surface area (Å²) >= 11 is 3.46. The van der Waals surface area contributed by atoms with Gasteiger partial charge in [0.2, 0.25) is 0 Å². The minimum atomic E-state index is -0.121. The van der Waals surface area contributed by atoms with E-state index in [2.05, 4.69) is 21.2 Å². The number of nitrogens with one attached hydrogen (secondary N) is 1. The first-order valence-electron chi connectivity index (χ1n) is 8.40. The zero-order chi connectivity index (χ0) is 18.4. The Bertz CT molecular complexity index is 846. The fraction of sp³-hybridized carbons (Fsp3) is 0.136. The number of hydrogen-bond donors (Lipinski definition) is 1. The zero-order valence-electron chi connectivity index (χ0n) is 14.5. The number of Topliss-reactive ketones (excluding diaryl/α,β-unsaturated/α-hetero) is 1. The largest absolute Gasteiger partial charge is 0.497 e. The number of carbonyl (C=O) groups excluding carboxylic acids is 1. The van der Waals surface area contributed by atoms with Crippen molar-refractivity contribution in [3.8, 4) is 5.75 Å². The summed E-state index contributed by atoms with van der Waals surface area (Å²) in [4.78, 5) is 12.7. The van der Waals surface area contributed by atoms with Crippen LogP contribution in [0.5, 0.6) is 5.75 Å². The van der Waals surface area contributed by atoms with Crippen LogP contribution in [-0.2, 0) is 0 Å². The molecule has 3 nitrogen and oxygen atoms in total. The van der Waals surface area contributed by atoms with Gasteiger partial charge in [-0.25, -0.2) is 0 Å². The fourth-order valence-electron chi connectivity index (χ4n) is 2.76. The number of benzene rings is 3. The Balaban J connectivity index is 1.83. The van der Waals surface area contributed by atoms with E-state index < -0.39 is 0 Å². The number of ether oxygens (including phenoxy) is 1. The number of rotatable bonds is 7. The van der Waals surface area contributed by atoms with Gasteiger partial charge in [-0.2, -0.15) is 0 Å². The summed E-state index contributed by atoms with van der Waals surface area (Å²) in [7, 11) is 1.64. The molecule has 0 aromatic heterocycles. The molecule has 4 heteroatoms. The Morgan fingerprint density at radius 1 is 0.962 bits per heavy atom. The van der Waals surface area contributed by atoms with Gasteiger partial charge >= 0.3 is 0 Å². The van der Waals surface area contributed by atoms with Crippen molar-refractivity contribution in [1.82, 2.24) is 0 Å². The summed E-state index contributed by atoms with van der Waals surface area (Å²) < 4.78 is 6.22. The smallest absolute Gasteiger partial charge is 0.165 e. The average Bonchev–Trinajstić information content (AvgIpc) is 2.69. The van der Waals surface area contributed by atoms with E-state index in [1.807, 2.05) is 78.9 Å². The Kier molecular flexibility index (Phi) is 6.08. The van der Waals surface area contributed by atoms with Crippen molar-refractivity contribution in [2.24, 2.45) is 0 Å². The molecular weight excluding hydrogens is 390 g/mol. The highest BCUT2D eigenvalue weighted by Crippen LogP contribution is 2.27. The minimum Gasteiger partial charge on any atom is -0.497 e. The Morgan fingerprint density at radius 2 is 1.62 bits per heavy atom. The summed E-state index contributed by atoms with van der Waals surface area (Å²) in [6, 6.07) is 25.0. The van der Waals surface area contributed by atoms with E-state index in [0.717, 1.165) is 27.0 Å². The third kappa shape index (κ3) is 4.73. The van der Waals surface area contributed by atoms with Crippen LogP contribution in [0.15, 0.2) is 83.3 Å². The quantitative estimate of drug-likeness (QED) is 0.494. The van der Waals surface area contributed by atoms with Crippen molar-refractivity contribution in [1.29, 1.82) is 0 Å². The summed E-state index contributed by atoms with van der Waals surface area (Å²) in [5, 5.41) is 3.48. The fourth-order valence-corrected chi connectivity index (χ4v) is 3.03. The van der Waals surface area contributed by atoms with Gasteiger partial charge in [-0.15, -0.1) is 0 Å². The molecule has 3 rings (SSSR count). The third-order valence-electron chi connectivity index (χ3n) is 4.19. The predicted molar refractivity (Wildman–Crippen MR) is 109 cm³/mol. The van der Waals surface area contributed by atoms with E-state index in [1.54, 1.807) is 7.11 Å². The molecule has 0 spiro atoms.